The highest BCUT2D eigenvalue weighted by Gasteiger charge is 2.34. The molecule has 0 aromatic rings. The van der Waals surface area contributed by atoms with Crippen LogP contribution in [0.2, 0.25) is 0 Å². The Hall–Kier alpha value is -0.0800. The van der Waals surface area contributed by atoms with Crippen molar-refractivity contribution in [2.75, 3.05) is 20.2 Å². The summed E-state index contributed by atoms with van der Waals surface area (Å²) < 4.78 is 0. The maximum absolute atomic E-state index is 9.34. The minimum Gasteiger partial charge on any atom is -0.396 e. The molecule has 0 amide bonds. The van der Waals surface area contributed by atoms with E-state index < -0.39 is 0 Å². The molecule has 0 aliphatic heterocycles. The van der Waals surface area contributed by atoms with Crippen LogP contribution in [0.5, 0.6) is 0 Å². The zero-order chi connectivity index (χ0) is 9.03. The van der Waals surface area contributed by atoms with Crippen molar-refractivity contribution >= 4 is 0 Å². The van der Waals surface area contributed by atoms with Crippen LogP contribution >= 0.6 is 0 Å². The topological polar surface area (TPSA) is 32.3 Å². The molecule has 1 unspecified atom stereocenters. The van der Waals surface area contributed by atoms with Gasteiger partial charge in [-0.2, -0.15) is 0 Å². The van der Waals surface area contributed by atoms with Gasteiger partial charge < -0.3 is 10.4 Å². The number of hydrogen-bond acceptors (Lipinski definition) is 2. The van der Waals surface area contributed by atoms with E-state index in [9.17, 15) is 5.11 Å². The molecule has 0 radical (unpaired) electrons. The number of hydrogen-bond donors (Lipinski definition) is 2. The molecule has 2 nitrogen and oxygen atoms in total. The van der Waals surface area contributed by atoms with Gasteiger partial charge in [-0.3, -0.25) is 0 Å². The SMILES string of the molecule is CNCC(C)(CO)C1CCCC1. The lowest BCUT2D eigenvalue weighted by molar-refractivity contribution is 0.0816. The molecule has 72 valence electrons. The van der Waals surface area contributed by atoms with Crippen molar-refractivity contribution in [3.05, 3.63) is 0 Å². The highest BCUT2D eigenvalue weighted by atomic mass is 16.3. The standard InChI is InChI=1S/C10H21NO/c1-10(8-12,7-11-2)9-5-3-4-6-9/h9,11-12H,3-8H2,1-2H3. The molecule has 1 atom stereocenters. The molecule has 0 saturated heterocycles. The molecule has 12 heavy (non-hydrogen) atoms. The Balaban J connectivity index is 2.51. The van der Waals surface area contributed by atoms with E-state index in [1.54, 1.807) is 0 Å². The summed E-state index contributed by atoms with van der Waals surface area (Å²) in [6, 6.07) is 0. The van der Waals surface area contributed by atoms with Crippen molar-refractivity contribution in [3.63, 3.8) is 0 Å². The molecule has 1 aliphatic carbocycles. The fourth-order valence-electron chi connectivity index (χ4n) is 2.36. The van der Waals surface area contributed by atoms with Gasteiger partial charge >= 0.3 is 0 Å². The largest absolute Gasteiger partial charge is 0.396 e. The average Bonchev–Trinajstić information content (AvgIpc) is 2.57. The van der Waals surface area contributed by atoms with Gasteiger partial charge in [0.2, 0.25) is 0 Å². The van der Waals surface area contributed by atoms with Crippen LogP contribution in [0.4, 0.5) is 0 Å². The van der Waals surface area contributed by atoms with Crippen LogP contribution in [-0.4, -0.2) is 25.3 Å². The van der Waals surface area contributed by atoms with Crippen LogP contribution in [0.3, 0.4) is 0 Å². The van der Waals surface area contributed by atoms with Gasteiger partial charge in [0.05, 0.1) is 0 Å². The van der Waals surface area contributed by atoms with Gasteiger partial charge in [-0.1, -0.05) is 19.8 Å². The smallest absolute Gasteiger partial charge is 0.0499 e. The lowest BCUT2D eigenvalue weighted by Gasteiger charge is -2.33. The second-order valence-electron chi connectivity index (χ2n) is 4.32. The Morgan fingerprint density at radius 3 is 2.42 bits per heavy atom. The van der Waals surface area contributed by atoms with Gasteiger partial charge in [0.25, 0.3) is 0 Å². The lowest BCUT2D eigenvalue weighted by Crippen LogP contribution is -2.38. The monoisotopic (exact) mass is 171 g/mol. The van der Waals surface area contributed by atoms with Crippen LogP contribution < -0.4 is 5.32 Å². The second kappa shape index (κ2) is 4.24. The van der Waals surface area contributed by atoms with Gasteiger partial charge in [-0.05, 0) is 25.8 Å². The quantitative estimate of drug-likeness (QED) is 0.670. The number of rotatable bonds is 4. The number of nitrogens with one attached hydrogen (secondary N) is 1. The third-order valence-electron chi connectivity index (χ3n) is 3.28. The Labute approximate surface area is 75.4 Å². The van der Waals surface area contributed by atoms with Crippen LogP contribution in [0.25, 0.3) is 0 Å². The highest BCUT2D eigenvalue weighted by Crippen LogP contribution is 2.38. The summed E-state index contributed by atoms with van der Waals surface area (Å²) in [4.78, 5) is 0. The predicted molar refractivity (Wildman–Crippen MR) is 51.1 cm³/mol. The van der Waals surface area contributed by atoms with E-state index in [-0.39, 0.29) is 5.41 Å². The molecular weight excluding hydrogens is 150 g/mol. The Kier molecular flexibility index (Phi) is 3.53. The minimum absolute atomic E-state index is 0.116. The maximum Gasteiger partial charge on any atom is 0.0499 e. The first-order valence-electron chi connectivity index (χ1n) is 4.98. The molecule has 0 spiro atoms. The third-order valence-corrected chi connectivity index (χ3v) is 3.28. The third kappa shape index (κ3) is 1.99. The zero-order valence-corrected chi connectivity index (χ0v) is 8.27. The maximum atomic E-state index is 9.34. The van der Waals surface area contributed by atoms with Crippen LogP contribution in [-0.2, 0) is 0 Å². The molecule has 2 N–H and O–H groups in total. The predicted octanol–water partition coefficient (Wildman–Crippen LogP) is 1.39. The van der Waals surface area contributed by atoms with E-state index in [0.29, 0.717) is 6.61 Å². The number of aliphatic hydroxyl groups is 1. The summed E-state index contributed by atoms with van der Waals surface area (Å²) in [5, 5.41) is 12.5. The van der Waals surface area contributed by atoms with E-state index in [2.05, 4.69) is 12.2 Å². The lowest BCUT2D eigenvalue weighted by atomic mass is 9.76. The fraction of sp³-hybridized carbons (Fsp3) is 1.00. The summed E-state index contributed by atoms with van der Waals surface area (Å²) in [7, 11) is 1.96. The van der Waals surface area contributed by atoms with Gasteiger partial charge in [0.15, 0.2) is 0 Å². The van der Waals surface area contributed by atoms with Crippen molar-refractivity contribution in [2.45, 2.75) is 32.6 Å². The minimum atomic E-state index is 0.116. The summed E-state index contributed by atoms with van der Waals surface area (Å²) in [5.41, 5.74) is 0.116. The Bertz CT molecular complexity index is 132. The molecule has 1 aliphatic rings. The molecule has 1 rings (SSSR count). The average molecular weight is 171 g/mol. The van der Waals surface area contributed by atoms with E-state index in [1.165, 1.54) is 25.7 Å². The highest BCUT2D eigenvalue weighted by molar-refractivity contribution is 4.86. The van der Waals surface area contributed by atoms with E-state index in [4.69, 9.17) is 0 Å². The Morgan fingerprint density at radius 1 is 1.42 bits per heavy atom. The molecule has 0 heterocycles. The molecule has 0 aromatic heterocycles. The molecule has 1 fully saturated rings. The van der Waals surface area contributed by atoms with E-state index >= 15 is 0 Å². The molecule has 0 aromatic carbocycles. The van der Waals surface area contributed by atoms with Gasteiger partial charge in [0, 0.05) is 18.6 Å². The van der Waals surface area contributed by atoms with Crippen molar-refractivity contribution < 1.29 is 5.11 Å². The van der Waals surface area contributed by atoms with E-state index in [0.717, 1.165) is 12.5 Å². The fourth-order valence-corrected chi connectivity index (χ4v) is 2.36. The summed E-state index contributed by atoms with van der Waals surface area (Å²) in [6.07, 6.45) is 5.31. The summed E-state index contributed by atoms with van der Waals surface area (Å²) in [6.45, 7) is 3.45. The Morgan fingerprint density at radius 2 is 2.00 bits per heavy atom. The van der Waals surface area contributed by atoms with Crippen LogP contribution in [0, 0.1) is 11.3 Å². The van der Waals surface area contributed by atoms with Crippen molar-refractivity contribution in [2.24, 2.45) is 11.3 Å². The van der Waals surface area contributed by atoms with Crippen molar-refractivity contribution in [1.29, 1.82) is 0 Å². The van der Waals surface area contributed by atoms with E-state index in [1.807, 2.05) is 7.05 Å². The van der Waals surface area contributed by atoms with Gasteiger partial charge in [-0.25, -0.2) is 0 Å². The molecule has 1 saturated carbocycles. The van der Waals surface area contributed by atoms with Crippen molar-refractivity contribution in [3.8, 4) is 0 Å². The van der Waals surface area contributed by atoms with Crippen molar-refractivity contribution in [1.82, 2.24) is 5.32 Å². The zero-order valence-electron chi connectivity index (χ0n) is 8.27. The normalized spacial score (nSPS) is 24.2. The van der Waals surface area contributed by atoms with Gasteiger partial charge in [0.1, 0.15) is 0 Å². The summed E-state index contributed by atoms with van der Waals surface area (Å²) in [5.74, 6) is 0.731. The molecule has 0 bridgehead atoms. The molecule has 2 heteroatoms. The molecular formula is C10H21NO. The number of aliphatic hydroxyl groups excluding tert-OH is 1. The van der Waals surface area contributed by atoms with Crippen LogP contribution in [0.15, 0.2) is 0 Å². The van der Waals surface area contributed by atoms with Gasteiger partial charge in [-0.15, -0.1) is 0 Å². The summed E-state index contributed by atoms with van der Waals surface area (Å²) >= 11 is 0. The second-order valence-corrected chi connectivity index (χ2v) is 4.32. The van der Waals surface area contributed by atoms with Crippen LogP contribution in [0.1, 0.15) is 32.6 Å². The first kappa shape index (κ1) is 10.0. The first-order chi connectivity index (χ1) is 5.73. The first-order valence-corrected chi connectivity index (χ1v) is 4.98.